The van der Waals surface area contributed by atoms with E-state index < -0.39 is 0 Å². The van der Waals surface area contributed by atoms with Gasteiger partial charge in [0.15, 0.2) is 0 Å². The molecule has 2 bridgehead atoms. The van der Waals surface area contributed by atoms with Crippen LogP contribution in [0.3, 0.4) is 0 Å². The molecule has 4 rings (SSSR count). The van der Waals surface area contributed by atoms with Crippen molar-refractivity contribution in [2.45, 2.75) is 64.2 Å². The van der Waals surface area contributed by atoms with Crippen LogP contribution in [0.25, 0.3) is 0 Å². The number of amides is 2. The summed E-state index contributed by atoms with van der Waals surface area (Å²) in [5.74, 6) is 1.01. The summed E-state index contributed by atoms with van der Waals surface area (Å²) in [5.41, 5.74) is 3.21. The molecule has 0 saturated carbocycles. The summed E-state index contributed by atoms with van der Waals surface area (Å²) in [4.78, 5) is 32.8. The number of carbonyl (C=O) groups excluding carboxylic acids is 2. The highest BCUT2D eigenvalue weighted by atomic mass is 16.5. The molecule has 36 heavy (non-hydrogen) atoms. The van der Waals surface area contributed by atoms with Gasteiger partial charge in [-0.05, 0) is 43.4 Å². The van der Waals surface area contributed by atoms with Gasteiger partial charge in [-0.3, -0.25) is 14.5 Å². The topological polar surface area (TPSA) is 62.3 Å². The minimum absolute atomic E-state index is 0.0366. The van der Waals surface area contributed by atoms with Crippen LogP contribution in [0.15, 0.2) is 48.5 Å². The molecular weight excluding hydrogens is 454 g/mol. The van der Waals surface area contributed by atoms with Gasteiger partial charge in [0, 0.05) is 63.0 Å². The number of carbonyl (C=O) groups is 2. The van der Waals surface area contributed by atoms with Crippen molar-refractivity contribution < 1.29 is 19.1 Å². The number of methoxy groups -OCH3 is 2. The van der Waals surface area contributed by atoms with Crippen molar-refractivity contribution in [1.29, 1.82) is 0 Å². The van der Waals surface area contributed by atoms with Crippen LogP contribution in [0.1, 0.15) is 50.2 Å². The lowest BCUT2D eigenvalue weighted by Crippen LogP contribution is -2.55. The fourth-order valence-corrected chi connectivity index (χ4v) is 5.79. The van der Waals surface area contributed by atoms with Gasteiger partial charge in [0.25, 0.3) is 0 Å². The van der Waals surface area contributed by atoms with Crippen LogP contribution in [0, 0.1) is 0 Å². The van der Waals surface area contributed by atoms with E-state index in [1.807, 2.05) is 42.2 Å². The highest BCUT2D eigenvalue weighted by Crippen LogP contribution is 2.32. The molecule has 7 nitrogen and oxygen atoms in total. The molecule has 2 heterocycles. The van der Waals surface area contributed by atoms with E-state index in [0.29, 0.717) is 26.1 Å². The zero-order valence-electron chi connectivity index (χ0n) is 21.8. The SMILES string of the molecule is CCC(=O)N1CCC2CCCC(CN(Cc3ccccc3OC)Cc3ccccc31)N2C(=O)COC. The van der Waals surface area contributed by atoms with E-state index >= 15 is 0 Å². The molecule has 2 aliphatic heterocycles. The first-order chi connectivity index (χ1) is 17.5. The molecule has 0 aliphatic carbocycles. The molecule has 2 aliphatic rings. The van der Waals surface area contributed by atoms with Crippen LogP contribution < -0.4 is 9.64 Å². The largest absolute Gasteiger partial charge is 0.496 e. The van der Waals surface area contributed by atoms with E-state index in [4.69, 9.17) is 9.47 Å². The minimum atomic E-state index is 0.0366. The zero-order chi connectivity index (χ0) is 25.5. The van der Waals surface area contributed by atoms with Gasteiger partial charge < -0.3 is 19.3 Å². The quantitative estimate of drug-likeness (QED) is 0.602. The zero-order valence-corrected chi connectivity index (χ0v) is 21.8. The Labute approximate surface area is 215 Å². The predicted molar refractivity (Wildman–Crippen MR) is 141 cm³/mol. The van der Waals surface area contributed by atoms with Crippen LogP contribution in [0.4, 0.5) is 5.69 Å². The number of rotatable bonds is 6. The number of nitrogens with zero attached hydrogens (tertiary/aromatic N) is 3. The molecule has 0 aromatic heterocycles. The number of ether oxygens (including phenoxy) is 2. The van der Waals surface area contributed by atoms with Crippen molar-refractivity contribution in [3.8, 4) is 5.75 Å². The van der Waals surface area contributed by atoms with E-state index in [1.165, 1.54) is 0 Å². The number of hydrogen-bond donors (Lipinski definition) is 0. The lowest BCUT2D eigenvalue weighted by Gasteiger charge is -2.44. The second-order valence-corrected chi connectivity index (χ2v) is 9.77. The van der Waals surface area contributed by atoms with Crippen molar-refractivity contribution >= 4 is 17.5 Å². The first-order valence-electron chi connectivity index (χ1n) is 13.1. The van der Waals surface area contributed by atoms with E-state index in [2.05, 4.69) is 28.0 Å². The maximum absolute atomic E-state index is 13.3. The molecule has 194 valence electrons. The van der Waals surface area contributed by atoms with Gasteiger partial charge in [-0.15, -0.1) is 0 Å². The molecule has 0 N–H and O–H groups in total. The van der Waals surface area contributed by atoms with Crippen LogP contribution in [0.5, 0.6) is 5.75 Å². The van der Waals surface area contributed by atoms with Gasteiger partial charge in [-0.25, -0.2) is 0 Å². The van der Waals surface area contributed by atoms with Crippen LogP contribution >= 0.6 is 0 Å². The summed E-state index contributed by atoms with van der Waals surface area (Å²) in [6.07, 6.45) is 4.20. The number of benzene rings is 2. The Kier molecular flexibility index (Phi) is 8.99. The first kappa shape index (κ1) is 26.2. The average molecular weight is 494 g/mol. The maximum atomic E-state index is 13.3. The van der Waals surface area contributed by atoms with Crippen molar-refractivity contribution in [3.63, 3.8) is 0 Å². The maximum Gasteiger partial charge on any atom is 0.249 e. The summed E-state index contributed by atoms with van der Waals surface area (Å²) in [6.45, 7) is 4.71. The molecule has 2 atom stereocenters. The molecule has 2 aromatic carbocycles. The van der Waals surface area contributed by atoms with Crippen LogP contribution in [-0.2, 0) is 27.4 Å². The van der Waals surface area contributed by atoms with Gasteiger partial charge in [0.1, 0.15) is 12.4 Å². The summed E-state index contributed by atoms with van der Waals surface area (Å²) < 4.78 is 10.9. The Morgan fingerprint density at radius 1 is 0.944 bits per heavy atom. The van der Waals surface area contributed by atoms with E-state index in [1.54, 1.807) is 14.2 Å². The van der Waals surface area contributed by atoms with E-state index in [0.717, 1.165) is 54.8 Å². The fraction of sp³-hybridized carbons (Fsp3) is 0.517. The number of piperidine rings is 1. The summed E-state index contributed by atoms with van der Waals surface area (Å²) >= 11 is 0. The molecular formula is C29H39N3O4. The van der Waals surface area contributed by atoms with Gasteiger partial charge in [0.2, 0.25) is 11.8 Å². The van der Waals surface area contributed by atoms with Crippen LogP contribution in [-0.4, -0.2) is 67.6 Å². The summed E-state index contributed by atoms with van der Waals surface area (Å²) in [7, 11) is 3.28. The molecule has 2 unspecified atom stereocenters. The lowest BCUT2D eigenvalue weighted by atomic mass is 9.92. The predicted octanol–water partition coefficient (Wildman–Crippen LogP) is 4.24. The molecule has 1 fully saturated rings. The number of anilines is 1. The van der Waals surface area contributed by atoms with Crippen molar-refractivity contribution in [3.05, 3.63) is 59.7 Å². The molecule has 2 aromatic rings. The van der Waals surface area contributed by atoms with Gasteiger partial charge in [0.05, 0.1) is 7.11 Å². The van der Waals surface area contributed by atoms with Gasteiger partial charge >= 0.3 is 0 Å². The third-order valence-electron chi connectivity index (χ3n) is 7.44. The molecule has 1 saturated heterocycles. The Morgan fingerprint density at radius 3 is 2.47 bits per heavy atom. The second kappa shape index (κ2) is 12.4. The first-order valence-corrected chi connectivity index (χ1v) is 13.1. The van der Waals surface area contributed by atoms with Crippen molar-refractivity contribution in [2.75, 3.05) is 38.8 Å². The van der Waals surface area contributed by atoms with Gasteiger partial charge in [-0.2, -0.15) is 0 Å². The van der Waals surface area contributed by atoms with Crippen molar-refractivity contribution in [2.24, 2.45) is 0 Å². The Bertz CT molecular complexity index is 1040. The molecule has 7 heteroatoms. The lowest BCUT2D eigenvalue weighted by molar-refractivity contribution is -0.143. The van der Waals surface area contributed by atoms with Crippen LogP contribution in [0.2, 0.25) is 0 Å². The number of para-hydroxylation sites is 2. The fourth-order valence-electron chi connectivity index (χ4n) is 5.79. The molecule has 0 radical (unpaired) electrons. The third kappa shape index (κ3) is 5.90. The highest BCUT2D eigenvalue weighted by molar-refractivity contribution is 5.94. The second-order valence-electron chi connectivity index (χ2n) is 9.77. The highest BCUT2D eigenvalue weighted by Gasteiger charge is 2.36. The third-order valence-corrected chi connectivity index (χ3v) is 7.44. The standard InChI is InChI=1S/C29H39N3O4/c1-4-28(33)31-17-16-24-12-9-13-25(32(24)29(34)21-35-2)20-30(18-22-10-5-7-14-26(22)31)19-23-11-6-8-15-27(23)36-3/h5-8,10-11,14-15,24-25H,4,9,12-13,16-21H2,1-3H3. The number of hydrogen-bond acceptors (Lipinski definition) is 5. The Hall–Kier alpha value is -2.90. The minimum Gasteiger partial charge on any atom is -0.496 e. The Morgan fingerprint density at radius 2 is 1.69 bits per heavy atom. The monoisotopic (exact) mass is 493 g/mol. The van der Waals surface area contributed by atoms with E-state index in [9.17, 15) is 9.59 Å². The summed E-state index contributed by atoms with van der Waals surface area (Å²) in [6, 6.07) is 16.5. The average Bonchev–Trinajstić information content (AvgIpc) is 2.90. The number of fused-ring (bicyclic) bond motifs is 3. The van der Waals surface area contributed by atoms with E-state index in [-0.39, 0.29) is 30.5 Å². The Balaban J connectivity index is 1.76. The normalized spacial score (nSPS) is 20.9. The van der Waals surface area contributed by atoms with Crippen molar-refractivity contribution in [1.82, 2.24) is 9.80 Å². The van der Waals surface area contributed by atoms with Gasteiger partial charge in [-0.1, -0.05) is 43.3 Å². The smallest absolute Gasteiger partial charge is 0.249 e. The molecule has 2 amide bonds. The molecule has 0 spiro atoms. The summed E-state index contributed by atoms with van der Waals surface area (Å²) in [5, 5.41) is 0.